The number of anilines is 1. The molecule has 0 aliphatic heterocycles. The van der Waals surface area contributed by atoms with Crippen molar-refractivity contribution in [2.45, 2.75) is 56.6 Å². The van der Waals surface area contributed by atoms with E-state index in [0.717, 1.165) is 36.1 Å². The van der Waals surface area contributed by atoms with Crippen molar-refractivity contribution >= 4 is 34.6 Å². The van der Waals surface area contributed by atoms with E-state index in [2.05, 4.69) is 26.5 Å². The maximum atomic E-state index is 13.1. The van der Waals surface area contributed by atoms with E-state index in [1.807, 2.05) is 19.9 Å². The highest BCUT2D eigenvalue weighted by atomic mass is 32.1. The number of carbonyl (C=O) groups is 1. The number of carbonyl (C=O) groups excluding carboxylic acids is 1. The molecule has 1 saturated carbocycles. The van der Waals surface area contributed by atoms with Crippen molar-refractivity contribution < 1.29 is 18.0 Å². The molecule has 3 aromatic heterocycles. The topological polar surface area (TPSA) is 71.3 Å². The Hall–Kier alpha value is -2.88. The number of aromatic nitrogens is 3. The zero-order chi connectivity index (χ0) is 23.8. The largest absolute Gasteiger partial charge is 0.434 e. The minimum absolute atomic E-state index is 0.0573. The monoisotopic (exact) mass is 477 g/mol. The summed E-state index contributed by atoms with van der Waals surface area (Å²) in [6.07, 6.45) is -0.598. The van der Waals surface area contributed by atoms with Crippen LogP contribution in [0.5, 0.6) is 0 Å². The van der Waals surface area contributed by atoms with Gasteiger partial charge in [0.1, 0.15) is 11.5 Å². The number of imidazole rings is 1. The van der Waals surface area contributed by atoms with Crippen molar-refractivity contribution in [2.75, 3.05) is 5.32 Å². The predicted molar refractivity (Wildman–Crippen MR) is 126 cm³/mol. The van der Waals surface area contributed by atoms with Crippen molar-refractivity contribution in [3.8, 4) is 0 Å². The van der Waals surface area contributed by atoms with Gasteiger partial charge in [0.25, 0.3) is 5.91 Å². The number of amides is 1. The third-order valence-electron chi connectivity index (χ3n) is 6.07. The summed E-state index contributed by atoms with van der Waals surface area (Å²) in [4.78, 5) is 20.5. The molecule has 4 rings (SSSR count). The fourth-order valence-corrected chi connectivity index (χ4v) is 5.00. The lowest BCUT2D eigenvalue weighted by Gasteiger charge is -2.39. The van der Waals surface area contributed by atoms with E-state index >= 15 is 0 Å². The van der Waals surface area contributed by atoms with E-state index in [-0.39, 0.29) is 17.6 Å². The predicted octanol–water partition coefficient (Wildman–Crippen LogP) is 4.74. The van der Waals surface area contributed by atoms with Gasteiger partial charge < -0.3 is 10.6 Å². The summed E-state index contributed by atoms with van der Waals surface area (Å²) < 4.78 is 40.6. The average molecular weight is 478 g/mol. The summed E-state index contributed by atoms with van der Waals surface area (Å²) in [5.74, 6) is 4.44. The Labute approximate surface area is 193 Å². The highest BCUT2D eigenvalue weighted by Crippen LogP contribution is 2.36. The van der Waals surface area contributed by atoms with Gasteiger partial charge in [0.2, 0.25) is 0 Å². The van der Waals surface area contributed by atoms with Crippen molar-refractivity contribution in [2.24, 2.45) is 0 Å². The molecule has 0 atom stereocenters. The van der Waals surface area contributed by atoms with Crippen LogP contribution in [0.25, 0.3) is 5.65 Å². The number of hydrogen-bond acceptors (Lipinski definition) is 4. The third kappa shape index (κ3) is 4.90. The van der Waals surface area contributed by atoms with Crippen LogP contribution in [0, 0.1) is 13.8 Å². The summed E-state index contributed by atoms with van der Waals surface area (Å²) in [6, 6.07) is 8.64. The zero-order valence-electron chi connectivity index (χ0n) is 18.4. The highest BCUT2D eigenvalue weighted by molar-refractivity contribution is 7.97. The molecule has 1 aliphatic rings. The Balaban J connectivity index is 1.45. The number of pyridine rings is 2. The van der Waals surface area contributed by atoms with Gasteiger partial charge in [-0.3, -0.25) is 14.2 Å². The number of halogens is 3. The standard InChI is InChI=1S/C23H26F3N5OS/c1-14-7-8-17(15(2)27-14)21(32)30-22(33-3)11-9-16(10-12-22)28-19-5-4-6-20-29-18(13-31(19)20)23(24,25)26/h4-8,13,16,28,33H,3,9-12H2,1-2H3,(H,30,32)/t16-,22+. The highest BCUT2D eigenvalue weighted by Gasteiger charge is 2.36. The van der Waals surface area contributed by atoms with Crippen molar-refractivity contribution in [1.82, 2.24) is 19.7 Å². The maximum Gasteiger partial charge on any atom is 0.434 e. The van der Waals surface area contributed by atoms with E-state index in [4.69, 9.17) is 0 Å². The molecule has 33 heavy (non-hydrogen) atoms. The molecule has 3 aromatic rings. The fraction of sp³-hybridized carbons (Fsp3) is 0.391. The normalized spacial score (nSPS) is 21.2. The number of fused-ring (bicyclic) bond motifs is 1. The first-order valence-electron chi connectivity index (χ1n) is 10.7. The molecular weight excluding hydrogens is 451 g/mol. The smallest absolute Gasteiger partial charge is 0.368 e. The summed E-state index contributed by atoms with van der Waals surface area (Å²) in [6.45, 7) is 3.70. The summed E-state index contributed by atoms with van der Waals surface area (Å²) in [5.41, 5.74) is 1.42. The quantitative estimate of drug-likeness (QED) is 0.367. The lowest BCUT2D eigenvalue weighted by molar-refractivity contribution is -0.140. The Morgan fingerprint density at radius 1 is 1.18 bits per heavy atom. The van der Waals surface area contributed by atoms with Gasteiger partial charge in [-0.25, -0.2) is 4.98 Å². The fourth-order valence-electron chi connectivity index (χ4n) is 4.24. The van der Waals surface area contributed by atoms with Gasteiger partial charge in [-0.05, 0) is 63.8 Å². The van der Waals surface area contributed by atoms with Gasteiger partial charge in [0.15, 0.2) is 5.69 Å². The second kappa shape index (κ2) is 8.81. The third-order valence-corrected chi connectivity index (χ3v) is 7.23. The van der Waals surface area contributed by atoms with Crippen LogP contribution in [0.3, 0.4) is 0 Å². The zero-order valence-corrected chi connectivity index (χ0v) is 19.3. The van der Waals surface area contributed by atoms with Crippen LogP contribution in [0.15, 0.2) is 36.5 Å². The lowest BCUT2D eigenvalue weighted by atomic mass is 9.90. The van der Waals surface area contributed by atoms with Gasteiger partial charge in [0, 0.05) is 17.9 Å². The molecule has 1 aliphatic carbocycles. The first kappa shape index (κ1) is 23.3. The first-order chi connectivity index (χ1) is 15.6. The average Bonchev–Trinajstić information content (AvgIpc) is 3.21. The SMILES string of the molecule is C=[SH][C@]1(NC(=O)c2ccc(C)nc2C)CC[C@H](Nc2cccc3nc(C(F)(F)F)cn23)CC1. The number of rotatable bonds is 5. The van der Waals surface area contributed by atoms with Crippen LogP contribution in [0.4, 0.5) is 19.0 Å². The van der Waals surface area contributed by atoms with E-state index in [0.29, 0.717) is 29.9 Å². The molecule has 1 amide bonds. The van der Waals surface area contributed by atoms with Gasteiger partial charge in [-0.15, -0.1) is 0 Å². The molecule has 0 aromatic carbocycles. The van der Waals surface area contributed by atoms with Crippen molar-refractivity contribution in [3.05, 3.63) is 59.2 Å². The van der Waals surface area contributed by atoms with Crippen molar-refractivity contribution in [3.63, 3.8) is 0 Å². The summed E-state index contributed by atoms with van der Waals surface area (Å²) in [7, 11) is 0. The maximum absolute atomic E-state index is 13.1. The molecule has 3 heterocycles. The molecule has 0 radical (unpaired) electrons. The van der Waals surface area contributed by atoms with Crippen LogP contribution in [-0.4, -0.2) is 37.1 Å². The van der Waals surface area contributed by atoms with E-state index in [1.54, 1.807) is 24.3 Å². The van der Waals surface area contributed by atoms with Crippen LogP contribution in [0.1, 0.15) is 53.1 Å². The Morgan fingerprint density at radius 3 is 2.55 bits per heavy atom. The summed E-state index contributed by atoms with van der Waals surface area (Å²) >= 11 is 0.825. The number of aryl methyl sites for hydroxylation is 2. The molecular formula is C23H26F3N5OS. The van der Waals surface area contributed by atoms with E-state index in [1.165, 1.54) is 4.40 Å². The molecule has 176 valence electrons. The van der Waals surface area contributed by atoms with Gasteiger partial charge in [-0.2, -0.15) is 24.5 Å². The molecule has 0 bridgehead atoms. The Kier molecular flexibility index (Phi) is 6.22. The molecule has 1 fully saturated rings. The molecule has 0 unspecified atom stereocenters. The van der Waals surface area contributed by atoms with Crippen LogP contribution < -0.4 is 10.6 Å². The van der Waals surface area contributed by atoms with Gasteiger partial charge in [0.05, 0.1) is 16.1 Å². The number of nitrogens with one attached hydrogen (secondary N) is 2. The molecule has 6 nitrogen and oxygen atoms in total. The number of thiol groups is 1. The summed E-state index contributed by atoms with van der Waals surface area (Å²) in [5, 5.41) is 6.53. The molecule has 10 heteroatoms. The minimum Gasteiger partial charge on any atom is -0.368 e. The number of hydrogen-bond donors (Lipinski definition) is 3. The second-order valence-electron chi connectivity index (χ2n) is 8.41. The molecule has 2 N–H and O–H groups in total. The Bertz CT molecular complexity index is 1200. The number of alkyl halides is 3. The first-order valence-corrected chi connectivity index (χ1v) is 11.7. The van der Waals surface area contributed by atoms with Gasteiger partial charge >= 0.3 is 6.18 Å². The Morgan fingerprint density at radius 2 is 1.91 bits per heavy atom. The molecule has 0 spiro atoms. The molecule has 0 saturated heterocycles. The minimum atomic E-state index is -4.50. The van der Waals surface area contributed by atoms with Crippen LogP contribution in [-0.2, 0) is 6.18 Å². The number of nitrogens with zero attached hydrogens (tertiary/aromatic N) is 3. The van der Waals surface area contributed by atoms with Crippen molar-refractivity contribution in [1.29, 1.82) is 0 Å². The van der Waals surface area contributed by atoms with E-state index < -0.39 is 16.7 Å². The van der Waals surface area contributed by atoms with Crippen LogP contribution in [0.2, 0.25) is 0 Å². The lowest BCUT2D eigenvalue weighted by Crippen LogP contribution is -2.49. The van der Waals surface area contributed by atoms with Crippen LogP contribution >= 0.6 is 11.4 Å². The second-order valence-corrected chi connectivity index (χ2v) is 9.58. The van der Waals surface area contributed by atoms with Gasteiger partial charge in [-0.1, -0.05) is 11.9 Å². The van der Waals surface area contributed by atoms with E-state index in [9.17, 15) is 18.0 Å².